The van der Waals surface area contributed by atoms with Crippen LogP contribution in [0.5, 0.6) is 5.75 Å². The van der Waals surface area contributed by atoms with E-state index in [1.165, 1.54) is 17.0 Å². The van der Waals surface area contributed by atoms with E-state index in [0.29, 0.717) is 36.1 Å². The molecule has 0 unspecified atom stereocenters. The molecular formula is C16H19F2NO4. The minimum Gasteiger partial charge on any atom is -0.481 e. The van der Waals surface area contributed by atoms with Crippen molar-refractivity contribution in [1.29, 1.82) is 0 Å². The number of benzene rings is 1. The van der Waals surface area contributed by atoms with Gasteiger partial charge in [0.2, 0.25) is 0 Å². The van der Waals surface area contributed by atoms with Crippen molar-refractivity contribution in [1.82, 2.24) is 4.90 Å². The maximum atomic E-state index is 12.5. The van der Waals surface area contributed by atoms with E-state index in [9.17, 15) is 18.4 Å². The molecule has 1 aromatic carbocycles. The molecular weight excluding hydrogens is 308 g/mol. The fourth-order valence-corrected chi connectivity index (χ4v) is 2.89. The molecule has 0 bridgehead atoms. The van der Waals surface area contributed by atoms with Gasteiger partial charge in [0, 0.05) is 18.7 Å². The van der Waals surface area contributed by atoms with Crippen LogP contribution in [0.2, 0.25) is 0 Å². The molecule has 1 atom stereocenters. The van der Waals surface area contributed by atoms with E-state index in [-0.39, 0.29) is 18.2 Å². The number of aryl methyl sites for hydroxylation is 2. The number of halogens is 2. The highest BCUT2D eigenvalue weighted by Gasteiger charge is 2.29. The van der Waals surface area contributed by atoms with Crippen LogP contribution in [0.15, 0.2) is 12.1 Å². The number of piperidine rings is 1. The van der Waals surface area contributed by atoms with Crippen LogP contribution in [0.3, 0.4) is 0 Å². The summed E-state index contributed by atoms with van der Waals surface area (Å²) in [6, 6.07) is 2.99. The fourth-order valence-electron chi connectivity index (χ4n) is 2.89. The van der Waals surface area contributed by atoms with Crippen molar-refractivity contribution in [3.63, 3.8) is 0 Å². The molecule has 1 aliphatic rings. The molecule has 1 heterocycles. The Hall–Kier alpha value is -2.18. The molecule has 7 heteroatoms. The van der Waals surface area contributed by atoms with Crippen LogP contribution in [0, 0.1) is 19.8 Å². The molecule has 0 spiro atoms. The zero-order valence-electron chi connectivity index (χ0n) is 13.0. The number of amides is 1. The van der Waals surface area contributed by atoms with Crippen molar-refractivity contribution < 1.29 is 28.2 Å². The van der Waals surface area contributed by atoms with E-state index in [1.54, 1.807) is 13.8 Å². The van der Waals surface area contributed by atoms with E-state index in [4.69, 9.17) is 5.11 Å². The van der Waals surface area contributed by atoms with Crippen molar-refractivity contribution in [3.8, 4) is 5.75 Å². The highest BCUT2D eigenvalue weighted by molar-refractivity contribution is 5.95. The average Bonchev–Trinajstić information content (AvgIpc) is 2.49. The van der Waals surface area contributed by atoms with Gasteiger partial charge in [-0.25, -0.2) is 0 Å². The molecule has 23 heavy (non-hydrogen) atoms. The highest BCUT2D eigenvalue weighted by atomic mass is 19.3. The van der Waals surface area contributed by atoms with Crippen molar-refractivity contribution >= 4 is 11.9 Å². The lowest BCUT2D eigenvalue weighted by Crippen LogP contribution is -2.42. The Morgan fingerprint density at radius 1 is 1.30 bits per heavy atom. The van der Waals surface area contributed by atoms with Gasteiger partial charge in [-0.15, -0.1) is 0 Å². The second-order valence-electron chi connectivity index (χ2n) is 5.75. The van der Waals surface area contributed by atoms with Gasteiger partial charge < -0.3 is 14.7 Å². The molecule has 5 nitrogen and oxygen atoms in total. The third-order valence-electron chi connectivity index (χ3n) is 3.97. The number of hydrogen-bond donors (Lipinski definition) is 1. The lowest BCUT2D eigenvalue weighted by Gasteiger charge is -2.31. The summed E-state index contributed by atoms with van der Waals surface area (Å²) < 4.78 is 29.3. The highest BCUT2D eigenvalue weighted by Crippen LogP contribution is 2.28. The summed E-state index contributed by atoms with van der Waals surface area (Å²) in [5, 5.41) is 9.09. The number of nitrogens with zero attached hydrogens (tertiary/aromatic N) is 1. The summed E-state index contributed by atoms with van der Waals surface area (Å²) in [5.41, 5.74) is 1.24. The minimum absolute atomic E-state index is 0.0682. The van der Waals surface area contributed by atoms with E-state index < -0.39 is 18.5 Å². The number of rotatable bonds is 4. The topological polar surface area (TPSA) is 66.8 Å². The third-order valence-corrected chi connectivity index (χ3v) is 3.97. The van der Waals surface area contributed by atoms with Crippen molar-refractivity contribution in [2.75, 3.05) is 13.1 Å². The first-order chi connectivity index (χ1) is 10.8. The minimum atomic E-state index is -2.92. The Bertz CT molecular complexity index is 595. The SMILES string of the molecule is Cc1cc(C(=O)N2CCC[C@H](C(=O)O)C2)cc(C)c1OC(F)F. The van der Waals surface area contributed by atoms with Crippen LogP contribution >= 0.6 is 0 Å². The predicted molar refractivity (Wildman–Crippen MR) is 78.8 cm³/mol. The summed E-state index contributed by atoms with van der Waals surface area (Å²) in [6.45, 7) is 0.930. The monoisotopic (exact) mass is 327 g/mol. The van der Waals surface area contributed by atoms with Gasteiger partial charge in [0.25, 0.3) is 5.91 Å². The number of hydrogen-bond acceptors (Lipinski definition) is 3. The number of carbonyl (C=O) groups excluding carboxylic acids is 1. The van der Waals surface area contributed by atoms with Crippen molar-refractivity contribution in [2.24, 2.45) is 5.92 Å². The first kappa shape index (κ1) is 17.2. The molecule has 0 radical (unpaired) electrons. The maximum absolute atomic E-state index is 12.5. The van der Waals surface area contributed by atoms with Gasteiger partial charge >= 0.3 is 12.6 Å². The van der Waals surface area contributed by atoms with Gasteiger partial charge in [-0.1, -0.05) is 0 Å². The molecule has 1 aromatic rings. The average molecular weight is 327 g/mol. The van der Waals surface area contributed by atoms with E-state index in [1.807, 2.05) is 0 Å². The van der Waals surface area contributed by atoms with E-state index in [0.717, 1.165) is 0 Å². The summed E-state index contributed by atoms with van der Waals surface area (Å²) in [7, 11) is 0. The molecule has 0 aliphatic carbocycles. The Balaban J connectivity index is 2.21. The largest absolute Gasteiger partial charge is 0.481 e. The number of carboxylic acids is 1. The van der Waals surface area contributed by atoms with Gasteiger partial charge in [0.15, 0.2) is 0 Å². The summed E-state index contributed by atoms with van der Waals surface area (Å²) >= 11 is 0. The number of carbonyl (C=O) groups is 2. The van der Waals surface area contributed by atoms with Crippen LogP contribution in [0.1, 0.15) is 34.3 Å². The standard InChI is InChI=1S/C16H19F2NO4/c1-9-6-12(7-10(2)13(9)23-16(17)18)14(20)19-5-3-4-11(8-19)15(21)22/h6-7,11,16H,3-5,8H2,1-2H3,(H,21,22)/t11-/m0/s1. The maximum Gasteiger partial charge on any atom is 0.387 e. The molecule has 126 valence electrons. The van der Waals surface area contributed by atoms with Crippen molar-refractivity contribution in [2.45, 2.75) is 33.3 Å². The van der Waals surface area contributed by atoms with E-state index >= 15 is 0 Å². The van der Waals surface area contributed by atoms with Crippen LogP contribution in [0.4, 0.5) is 8.78 Å². The molecule has 2 rings (SSSR count). The second-order valence-corrected chi connectivity index (χ2v) is 5.75. The lowest BCUT2D eigenvalue weighted by molar-refractivity contribution is -0.143. The molecule has 1 aliphatic heterocycles. The second kappa shape index (κ2) is 6.93. The predicted octanol–water partition coefficient (Wildman–Crippen LogP) is 2.84. The zero-order chi connectivity index (χ0) is 17.1. The van der Waals surface area contributed by atoms with Gasteiger partial charge in [-0.3, -0.25) is 9.59 Å². The Morgan fingerprint density at radius 2 is 1.91 bits per heavy atom. The number of alkyl halides is 2. The molecule has 1 fully saturated rings. The number of aliphatic carboxylic acids is 1. The first-order valence-corrected chi connectivity index (χ1v) is 7.37. The molecule has 0 aromatic heterocycles. The van der Waals surface area contributed by atoms with Gasteiger partial charge in [-0.05, 0) is 49.9 Å². The van der Waals surface area contributed by atoms with Crippen LogP contribution < -0.4 is 4.74 Å². The number of ether oxygens (including phenoxy) is 1. The van der Waals surface area contributed by atoms with Gasteiger partial charge in [-0.2, -0.15) is 8.78 Å². The quantitative estimate of drug-likeness (QED) is 0.923. The molecule has 0 saturated carbocycles. The first-order valence-electron chi connectivity index (χ1n) is 7.37. The molecule has 1 saturated heterocycles. The number of carboxylic acid groups (broad SMARTS) is 1. The van der Waals surface area contributed by atoms with Crippen molar-refractivity contribution in [3.05, 3.63) is 28.8 Å². The van der Waals surface area contributed by atoms with Gasteiger partial charge in [0.1, 0.15) is 5.75 Å². The van der Waals surface area contributed by atoms with E-state index in [2.05, 4.69) is 4.74 Å². The van der Waals surface area contributed by atoms with Crippen LogP contribution in [-0.4, -0.2) is 41.6 Å². The number of likely N-dealkylation sites (tertiary alicyclic amines) is 1. The molecule has 1 amide bonds. The summed E-state index contributed by atoms with van der Waals surface area (Å²) in [5.74, 6) is -1.68. The van der Waals surface area contributed by atoms with Crippen LogP contribution in [0.25, 0.3) is 0 Å². The lowest BCUT2D eigenvalue weighted by atomic mass is 9.97. The van der Waals surface area contributed by atoms with Crippen LogP contribution in [-0.2, 0) is 4.79 Å². The molecule has 1 N–H and O–H groups in total. The fraction of sp³-hybridized carbons (Fsp3) is 0.500. The third kappa shape index (κ3) is 3.97. The summed E-state index contributed by atoms with van der Waals surface area (Å²) in [6.07, 6.45) is 1.19. The Morgan fingerprint density at radius 3 is 2.43 bits per heavy atom. The smallest absolute Gasteiger partial charge is 0.387 e. The normalized spacial score (nSPS) is 18.1. The summed E-state index contributed by atoms with van der Waals surface area (Å²) in [4.78, 5) is 25.1. The Labute approximate surface area is 132 Å². The Kier molecular flexibility index (Phi) is 5.18. The zero-order valence-corrected chi connectivity index (χ0v) is 13.0. The van der Waals surface area contributed by atoms with Gasteiger partial charge in [0.05, 0.1) is 5.92 Å².